The van der Waals surface area contributed by atoms with E-state index < -0.39 is 12.1 Å². The normalized spacial score (nSPS) is 16.9. The number of carbonyl (C=O) groups excluding carboxylic acids is 1. The minimum atomic E-state index is -0.687. The fraction of sp³-hybridized carbons (Fsp3) is 0.500. The second-order valence-corrected chi connectivity index (χ2v) is 4.08. The van der Waals surface area contributed by atoms with Gasteiger partial charge in [0, 0.05) is 19.3 Å². The number of hydrogen-bond donors (Lipinski definition) is 0. The highest BCUT2D eigenvalue weighted by Gasteiger charge is 2.25. The quantitative estimate of drug-likeness (QED) is 0.751. The van der Waals surface area contributed by atoms with Crippen LogP contribution in [0.15, 0.2) is 18.3 Å². The lowest BCUT2D eigenvalue weighted by Gasteiger charge is -2.21. The first-order chi connectivity index (χ1) is 8.18. The van der Waals surface area contributed by atoms with Gasteiger partial charge in [-0.2, -0.15) is 4.39 Å². The van der Waals surface area contributed by atoms with Crippen LogP contribution in [0.3, 0.4) is 0 Å². The van der Waals surface area contributed by atoms with Crippen LogP contribution in [0, 0.1) is 5.95 Å². The molecule has 1 aromatic rings. The van der Waals surface area contributed by atoms with Crippen LogP contribution in [0.1, 0.15) is 19.8 Å². The minimum absolute atomic E-state index is 0.0209. The predicted octanol–water partition coefficient (Wildman–Crippen LogP) is 1.61. The molecule has 0 bridgehead atoms. The summed E-state index contributed by atoms with van der Waals surface area (Å²) in [5.41, 5.74) is 0. The number of ether oxygens (including phenoxy) is 1. The average molecular weight is 238 g/mol. The van der Waals surface area contributed by atoms with Crippen molar-refractivity contribution in [1.82, 2.24) is 9.88 Å². The third kappa shape index (κ3) is 2.72. The summed E-state index contributed by atoms with van der Waals surface area (Å²) in [4.78, 5) is 17.1. The number of amides is 1. The number of halogens is 1. The van der Waals surface area contributed by atoms with Crippen LogP contribution >= 0.6 is 0 Å². The van der Waals surface area contributed by atoms with E-state index in [1.165, 1.54) is 12.3 Å². The van der Waals surface area contributed by atoms with Gasteiger partial charge in [-0.15, -0.1) is 0 Å². The zero-order chi connectivity index (χ0) is 12.3. The van der Waals surface area contributed by atoms with E-state index >= 15 is 0 Å². The molecule has 1 amide bonds. The van der Waals surface area contributed by atoms with E-state index in [9.17, 15) is 9.18 Å². The van der Waals surface area contributed by atoms with Crippen molar-refractivity contribution in [2.45, 2.75) is 25.9 Å². The van der Waals surface area contributed by atoms with Gasteiger partial charge in [0.05, 0.1) is 0 Å². The molecule has 0 N–H and O–H groups in total. The van der Waals surface area contributed by atoms with Gasteiger partial charge in [0.15, 0.2) is 11.9 Å². The Morgan fingerprint density at radius 3 is 2.88 bits per heavy atom. The molecule has 1 unspecified atom stereocenters. The van der Waals surface area contributed by atoms with Crippen molar-refractivity contribution in [3.63, 3.8) is 0 Å². The summed E-state index contributed by atoms with van der Waals surface area (Å²) in [7, 11) is 0. The zero-order valence-electron chi connectivity index (χ0n) is 9.73. The lowest BCUT2D eigenvalue weighted by molar-refractivity contribution is -0.136. The van der Waals surface area contributed by atoms with Gasteiger partial charge in [0.1, 0.15) is 0 Å². The first kappa shape index (κ1) is 11.8. The molecular formula is C12H15FN2O2. The van der Waals surface area contributed by atoms with Crippen molar-refractivity contribution in [3.05, 3.63) is 24.3 Å². The van der Waals surface area contributed by atoms with E-state index in [1.54, 1.807) is 17.9 Å². The van der Waals surface area contributed by atoms with Gasteiger partial charge >= 0.3 is 0 Å². The number of rotatable bonds is 3. The summed E-state index contributed by atoms with van der Waals surface area (Å²) >= 11 is 0. The summed E-state index contributed by atoms with van der Waals surface area (Å²) in [5.74, 6) is -0.758. The third-order valence-corrected chi connectivity index (χ3v) is 2.79. The van der Waals surface area contributed by atoms with Gasteiger partial charge in [-0.05, 0) is 31.9 Å². The molecule has 92 valence electrons. The lowest BCUT2D eigenvalue weighted by Crippen LogP contribution is -2.38. The topological polar surface area (TPSA) is 42.4 Å². The zero-order valence-corrected chi connectivity index (χ0v) is 9.73. The van der Waals surface area contributed by atoms with Crippen molar-refractivity contribution in [3.8, 4) is 5.75 Å². The summed E-state index contributed by atoms with van der Waals surface area (Å²) in [6, 6.07) is 3.04. The van der Waals surface area contributed by atoms with E-state index in [1.807, 2.05) is 0 Å². The molecule has 0 aromatic carbocycles. The molecule has 1 aliphatic heterocycles. The maximum atomic E-state index is 13.2. The number of likely N-dealkylation sites (tertiary alicyclic amines) is 1. The Balaban J connectivity index is 1.99. The molecule has 1 aromatic heterocycles. The smallest absolute Gasteiger partial charge is 0.263 e. The number of aromatic nitrogens is 1. The van der Waals surface area contributed by atoms with Crippen molar-refractivity contribution >= 4 is 5.91 Å². The number of hydrogen-bond acceptors (Lipinski definition) is 3. The molecule has 0 aliphatic carbocycles. The minimum Gasteiger partial charge on any atom is -0.476 e. The van der Waals surface area contributed by atoms with Crippen molar-refractivity contribution < 1.29 is 13.9 Å². The fourth-order valence-corrected chi connectivity index (χ4v) is 1.89. The molecule has 1 atom stereocenters. The molecule has 4 nitrogen and oxygen atoms in total. The molecule has 0 saturated carbocycles. The summed E-state index contributed by atoms with van der Waals surface area (Å²) in [6.07, 6.45) is 2.72. The monoisotopic (exact) mass is 238 g/mol. The summed E-state index contributed by atoms with van der Waals surface area (Å²) in [6.45, 7) is 3.16. The van der Waals surface area contributed by atoms with Gasteiger partial charge < -0.3 is 9.64 Å². The molecule has 0 radical (unpaired) electrons. The second-order valence-electron chi connectivity index (χ2n) is 4.08. The fourth-order valence-electron chi connectivity index (χ4n) is 1.89. The molecule has 5 heteroatoms. The Labute approximate surface area is 99.4 Å². The van der Waals surface area contributed by atoms with E-state index in [-0.39, 0.29) is 11.7 Å². The van der Waals surface area contributed by atoms with Crippen LogP contribution in [0.25, 0.3) is 0 Å². The second kappa shape index (κ2) is 5.12. The van der Waals surface area contributed by atoms with Gasteiger partial charge in [-0.1, -0.05) is 0 Å². The SMILES string of the molecule is CC(Oc1cccnc1F)C(=O)N1CCCC1. The van der Waals surface area contributed by atoms with E-state index in [2.05, 4.69) is 4.98 Å². The Bertz CT molecular complexity index is 405. The van der Waals surface area contributed by atoms with Gasteiger partial charge in [0.2, 0.25) is 0 Å². The molecule has 1 aliphatic rings. The van der Waals surface area contributed by atoms with Crippen LogP contribution in [0.4, 0.5) is 4.39 Å². The predicted molar refractivity (Wildman–Crippen MR) is 60.1 cm³/mol. The molecule has 0 spiro atoms. The largest absolute Gasteiger partial charge is 0.476 e. The van der Waals surface area contributed by atoms with E-state index in [0.717, 1.165) is 25.9 Å². The molecular weight excluding hydrogens is 223 g/mol. The van der Waals surface area contributed by atoms with Crippen LogP contribution in [-0.4, -0.2) is 35.0 Å². The van der Waals surface area contributed by atoms with E-state index in [4.69, 9.17) is 4.74 Å². The first-order valence-electron chi connectivity index (χ1n) is 5.74. The Hall–Kier alpha value is -1.65. The molecule has 1 fully saturated rings. The van der Waals surface area contributed by atoms with E-state index in [0.29, 0.717) is 0 Å². The summed E-state index contributed by atoms with van der Waals surface area (Å²) in [5, 5.41) is 0. The van der Waals surface area contributed by atoms with Crippen LogP contribution in [-0.2, 0) is 4.79 Å². The van der Waals surface area contributed by atoms with Crippen molar-refractivity contribution in [1.29, 1.82) is 0 Å². The highest BCUT2D eigenvalue weighted by molar-refractivity contribution is 5.81. The third-order valence-electron chi connectivity index (χ3n) is 2.79. The first-order valence-corrected chi connectivity index (χ1v) is 5.74. The van der Waals surface area contributed by atoms with Crippen molar-refractivity contribution in [2.24, 2.45) is 0 Å². The Morgan fingerprint density at radius 1 is 1.53 bits per heavy atom. The van der Waals surface area contributed by atoms with Crippen LogP contribution in [0.2, 0.25) is 0 Å². The highest BCUT2D eigenvalue weighted by atomic mass is 19.1. The molecule has 1 saturated heterocycles. The molecule has 2 rings (SSSR count). The average Bonchev–Trinajstić information content (AvgIpc) is 2.84. The molecule has 2 heterocycles. The lowest BCUT2D eigenvalue weighted by atomic mass is 10.3. The van der Waals surface area contributed by atoms with Crippen LogP contribution in [0.5, 0.6) is 5.75 Å². The number of carbonyl (C=O) groups is 1. The van der Waals surface area contributed by atoms with Crippen LogP contribution < -0.4 is 4.74 Å². The van der Waals surface area contributed by atoms with Crippen molar-refractivity contribution in [2.75, 3.05) is 13.1 Å². The summed E-state index contributed by atoms with van der Waals surface area (Å²) < 4.78 is 18.5. The standard InChI is InChI=1S/C12H15FN2O2/c1-9(12(16)15-7-2-3-8-15)17-10-5-4-6-14-11(10)13/h4-6,9H,2-3,7-8H2,1H3. The Kier molecular flexibility index (Phi) is 3.56. The highest BCUT2D eigenvalue weighted by Crippen LogP contribution is 2.17. The number of pyridine rings is 1. The maximum absolute atomic E-state index is 13.2. The molecule has 17 heavy (non-hydrogen) atoms. The Morgan fingerprint density at radius 2 is 2.24 bits per heavy atom. The maximum Gasteiger partial charge on any atom is 0.263 e. The van der Waals surface area contributed by atoms with Gasteiger partial charge in [-0.3, -0.25) is 4.79 Å². The number of nitrogens with zero attached hydrogens (tertiary/aromatic N) is 2. The van der Waals surface area contributed by atoms with Gasteiger partial charge in [-0.25, -0.2) is 4.98 Å². The van der Waals surface area contributed by atoms with Gasteiger partial charge in [0.25, 0.3) is 11.9 Å².